The van der Waals surface area contributed by atoms with E-state index in [9.17, 15) is 0 Å². The highest BCUT2D eigenvalue weighted by molar-refractivity contribution is 6.38. The highest BCUT2D eigenvalue weighted by atomic mass is 35.5. The van der Waals surface area contributed by atoms with Gasteiger partial charge in [-0.3, -0.25) is 0 Å². The Morgan fingerprint density at radius 2 is 1.79 bits per heavy atom. The van der Waals surface area contributed by atoms with Gasteiger partial charge in [-0.1, -0.05) is 34.8 Å². The summed E-state index contributed by atoms with van der Waals surface area (Å²) in [4.78, 5) is 12.6. The summed E-state index contributed by atoms with van der Waals surface area (Å²) in [7, 11) is 0. The number of benzene rings is 1. The van der Waals surface area contributed by atoms with Crippen molar-refractivity contribution in [2.75, 3.05) is 5.32 Å². The third-order valence-corrected chi connectivity index (χ3v) is 4.78. The summed E-state index contributed by atoms with van der Waals surface area (Å²) >= 11 is 18.9. The van der Waals surface area contributed by atoms with Gasteiger partial charge in [0.25, 0.3) is 0 Å². The lowest BCUT2D eigenvalue weighted by Gasteiger charge is -2.07. The van der Waals surface area contributed by atoms with Crippen molar-refractivity contribution in [3.05, 3.63) is 63.2 Å². The third-order valence-electron chi connectivity index (χ3n) is 3.93. The summed E-state index contributed by atoms with van der Waals surface area (Å²) in [6.07, 6.45) is 4.67. The monoisotopic (exact) mass is 429 g/mol. The molecule has 0 aliphatic rings. The summed E-state index contributed by atoms with van der Waals surface area (Å²) in [6, 6.07) is 6.86. The van der Waals surface area contributed by atoms with Crippen LogP contribution in [0.1, 0.15) is 11.3 Å². The maximum absolute atomic E-state index is 9.06. The molecule has 7 nitrogen and oxygen atoms in total. The average molecular weight is 431 g/mol. The van der Waals surface area contributed by atoms with Crippen molar-refractivity contribution < 1.29 is 0 Å². The number of pyridine rings is 1. The molecule has 4 rings (SSSR count). The van der Waals surface area contributed by atoms with Gasteiger partial charge in [0.15, 0.2) is 0 Å². The maximum atomic E-state index is 9.06. The highest BCUT2D eigenvalue weighted by Gasteiger charge is 2.17. The van der Waals surface area contributed by atoms with Crippen molar-refractivity contribution >= 4 is 57.3 Å². The molecular formula is C18H10Cl3N7. The van der Waals surface area contributed by atoms with Crippen LogP contribution in [0.3, 0.4) is 0 Å². The number of nitrogens with zero attached hydrogens (tertiary/aromatic N) is 6. The first-order chi connectivity index (χ1) is 13.5. The van der Waals surface area contributed by atoms with E-state index in [1.165, 1.54) is 29.3 Å². The molecule has 1 aromatic carbocycles. The molecule has 0 bridgehead atoms. The second-order valence-corrected chi connectivity index (χ2v) is 7.08. The summed E-state index contributed by atoms with van der Waals surface area (Å²) < 4.78 is 1.51. The number of aryl methyl sites for hydroxylation is 1. The van der Waals surface area contributed by atoms with Crippen LogP contribution in [0.4, 0.5) is 11.6 Å². The predicted molar refractivity (Wildman–Crippen MR) is 109 cm³/mol. The van der Waals surface area contributed by atoms with E-state index in [4.69, 9.17) is 40.1 Å². The second-order valence-electron chi connectivity index (χ2n) is 5.86. The van der Waals surface area contributed by atoms with Crippen LogP contribution in [-0.4, -0.2) is 24.7 Å². The molecule has 0 fully saturated rings. The van der Waals surface area contributed by atoms with E-state index in [2.05, 4.69) is 25.4 Å². The topological polar surface area (TPSA) is 92.3 Å². The first-order valence-electron chi connectivity index (χ1n) is 7.95. The molecular weight excluding hydrogens is 421 g/mol. The largest absolute Gasteiger partial charge is 0.324 e. The minimum Gasteiger partial charge on any atom is -0.324 e. The maximum Gasteiger partial charge on any atom is 0.142 e. The van der Waals surface area contributed by atoms with E-state index in [0.29, 0.717) is 48.9 Å². The van der Waals surface area contributed by atoms with Gasteiger partial charge in [0.1, 0.15) is 29.2 Å². The summed E-state index contributed by atoms with van der Waals surface area (Å²) in [5.74, 6) is 1.11. The zero-order chi connectivity index (χ0) is 19.8. The number of anilines is 2. The van der Waals surface area contributed by atoms with Gasteiger partial charge >= 0.3 is 0 Å². The van der Waals surface area contributed by atoms with Gasteiger partial charge in [0, 0.05) is 18.0 Å². The van der Waals surface area contributed by atoms with Crippen LogP contribution < -0.4 is 5.32 Å². The van der Waals surface area contributed by atoms with E-state index in [1.54, 1.807) is 12.3 Å². The number of hydrogen-bond donors (Lipinski definition) is 1. The number of nitrogens with one attached hydrogen (secondary N) is 1. The van der Waals surface area contributed by atoms with E-state index in [0.717, 1.165) is 5.69 Å². The Morgan fingerprint density at radius 3 is 2.46 bits per heavy atom. The Hall–Kier alpha value is -2.92. The molecule has 0 aliphatic heterocycles. The Kier molecular flexibility index (Phi) is 4.77. The molecule has 1 N–H and O–H groups in total. The molecule has 0 saturated heterocycles. The fourth-order valence-corrected chi connectivity index (χ4v) is 3.53. The molecule has 0 aliphatic carbocycles. The minimum absolute atomic E-state index is 0.293. The van der Waals surface area contributed by atoms with Gasteiger partial charge in [-0.15, -0.1) is 0 Å². The smallest absolute Gasteiger partial charge is 0.142 e. The predicted octanol–water partition coefficient (Wildman–Crippen LogP) is 5.09. The molecule has 0 atom stereocenters. The molecule has 4 aromatic rings. The molecule has 0 spiro atoms. The lowest BCUT2D eigenvalue weighted by Crippen LogP contribution is -1.98. The van der Waals surface area contributed by atoms with E-state index in [1.807, 2.05) is 13.0 Å². The number of rotatable bonds is 3. The lowest BCUT2D eigenvalue weighted by molar-refractivity contribution is 0.896. The van der Waals surface area contributed by atoms with E-state index in [-0.39, 0.29) is 0 Å². The van der Waals surface area contributed by atoms with Gasteiger partial charge in [-0.2, -0.15) is 10.4 Å². The molecule has 0 unspecified atom stereocenters. The fourth-order valence-electron chi connectivity index (χ4n) is 2.68. The molecule has 0 amide bonds. The quantitative estimate of drug-likeness (QED) is 0.486. The van der Waals surface area contributed by atoms with Gasteiger partial charge in [0.2, 0.25) is 0 Å². The molecule has 28 heavy (non-hydrogen) atoms. The standard InChI is InChI=1S/C18H10Cl3N7/c1-9-2-15(25-8-24-9)26-18-11-7-28(27-16(11)14(21)6-23-18)17-12(19)3-10(5-22)4-13(17)20/h2-4,6-8H,1H3,(H,23,24,25,26). The van der Waals surface area contributed by atoms with Crippen molar-refractivity contribution in [1.82, 2.24) is 24.7 Å². The van der Waals surface area contributed by atoms with E-state index >= 15 is 0 Å². The molecule has 3 aromatic heterocycles. The van der Waals surface area contributed by atoms with Gasteiger partial charge < -0.3 is 5.32 Å². The number of hydrogen-bond acceptors (Lipinski definition) is 6. The van der Waals surface area contributed by atoms with Crippen molar-refractivity contribution in [3.8, 4) is 11.8 Å². The number of fused-ring (bicyclic) bond motifs is 1. The van der Waals surface area contributed by atoms with Gasteiger partial charge in [0.05, 0.1) is 38.3 Å². The first kappa shape index (κ1) is 18.4. The summed E-state index contributed by atoms with van der Waals surface area (Å²) in [5.41, 5.74) is 2.13. The van der Waals surface area contributed by atoms with Crippen molar-refractivity contribution in [2.24, 2.45) is 0 Å². The Balaban J connectivity index is 1.86. The molecule has 10 heteroatoms. The molecule has 0 saturated carbocycles. The average Bonchev–Trinajstić information content (AvgIpc) is 3.09. The Bertz CT molecular complexity index is 1240. The van der Waals surface area contributed by atoms with Crippen molar-refractivity contribution in [3.63, 3.8) is 0 Å². The van der Waals surface area contributed by atoms with Crippen LogP contribution in [0.25, 0.3) is 16.6 Å². The number of aromatic nitrogens is 5. The zero-order valence-corrected chi connectivity index (χ0v) is 16.5. The van der Waals surface area contributed by atoms with Gasteiger partial charge in [-0.25, -0.2) is 19.6 Å². The van der Waals surface area contributed by atoms with Crippen LogP contribution >= 0.6 is 34.8 Å². The molecule has 3 heterocycles. The highest BCUT2D eigenvalue weighted by Crippen LogP contribution is 2.34. The Morgan fingerprint density at radius 1 is 1.04 bits per heavy atom. The summed E-state index contributed by atoms with van der Waals surface area (Å²) in [5, 5.41) is 18.3. The second kappa shape index (κ2) is 7.24. The zero-order valence-electron chi connectivity index (χ0n) is 14.3. The van der Waals surface area contributed by atoms with Crippen LogP contribution in [0, 0.1) is 18.3 Å². The summed E-state index contributed by atoms with van der Waals surface area (Å²) in [6.45, 7) is 1.87. The fraction of sp³-hybridized carbons (Fsp3) is 0.0556. The molecule has 0 radical (unpaired) electrons. The number of nitriles is 1. The normalized spacial score (nSPS) is 10.8. The van der Waals surface area contributed by atoms with Crippen molar-refractivity contribution in [2.45, 2.75) is 6.92 Å². The number of halogens is 3. The van der Waals surface area contributed by atoms with Crippen LogP contribution in [0.15, 0.2) is 36.9 Å². The molecule has 138 valence electrons. The van der Waals surface area contributed by atoms with Crippen LogP contribution in [0.5, 0.6) is 0 Å². The van der Waals surface area contributed by atoms with Crippen LogP contribution in [-0.2, 0) is 0 Å². The third kappa shape index (κ3) is 3.34. The SMILES string of the molecule is Cc1cc(Nc2ncc(Cl)c3nn(-c4c(Cl)cc(C#N)cc4Cl)cc23)ncn1. The van der Waals surface area contributed by atoms with Gasteiger partial charge in [-0.05, 0) is 19.1 Å². The minimum atomic E-state index is 0.293. The first-order valence-corrected chi connectivity index (χ1v) is 9.08. The Labute approximate surface area is 174 Å². The van der Waals surface area contributed by atoms with Crippen LogP contribution in [0.2, 0.25) is 15.1 Å². The lowest BCUT2D eigenvalue weighted by atomic mass is 10.2. The van der Waals surface area contributed by atoms with E-state index < -0.39 is 0 Å². The van der Waals surface area contributed by atoms with Crippen molar-refractivity contribution in [1.29, 1.82) is 5.26 Å².